The van der Waals surface area contributed by atoms with Crippen molar-refractivity contribution in [1.82, 2.24) is 25.0 Å². The SMILES string of the molecule is CCOc1ccccc1C1(NC(=O)N2CCN(C3CCN(C)CC3)CC2)C(=O)N(S(=O)(=O)c2ccccn2)c2ccc(Cl)cc21. The molecule has 0 bridgehead atoms. The number of halogens is 1. The van der Waals surface area contributed by atoms with Gasteiger partial charge in [0.15, 0.2) is 10.6 Å². The molecule has 0 radical (unpaired) electrons. The van der Waals surface area contributed by atoms with Crippen LogP contribution in [0.15, 0.2) is 71.9 Å². The van der Waals surface area contributed by atoms with Crippen LogP contribution in [0.3, 0.4) is 0 Å². The maximum absolute atomic E-state index is 14.9. The van der Waals surface area contributed by atoms with E-state index in [9.17, 15) is 18.0 Å². The Morgan fingerprint density at radius 2 is 1.71 bits per heavy atom. The Labute approximate surface area is 268 Å². The van der Waals surface area contributed by atoms with E-state index in [1.165, 1.54) is 36.5 Å². The van der Waals surface area contributed by atoms with Crippen LogP contribution in [0.25, 0.3) is 0 Å². The summed E-state index contributed by atoms with van der Waals surface area (Å²) in [6.45, 7) is 6.55. The molecule has 1 atom stereocenters. The number of aromatic nitrogens is 1. The number of rotatable bonds is 7. The predicted molar refractivity (Wildman–Crippen MR) is 171 cm³/mol. The number of piperazine rings is 1. The Balaban J connectivity index is 1.41. The van der Waals surface area contributed by atoms with Crippen molar-refractivity contribution in [3.63, 3.8) is 0 Å². The van der Waals surface area contributed by atoms with E-state index in [-0.39, 0.29) is 27.9 Å². The van der Waals surface area contributed by atoms with Gasteiger partial charge in [0, 0.05) is 54.6 Å². The number of amides is 3. The molecule has 0 aliphatic carbocycles. The van der Waals surface area contributed by atoms with E-state index in [2.05, 4.69) is 27.1 Å². The van der Waals surface area contributed by atoms with Gasteiger partial charge in [0.2, 0.25) is 0 Å². The molecule has 2 saturated heterocycles. The van der Waals surface area contributed by atoms with Crippen LogP contribution in [0.1, 0.15) is 30.9 Å². The molecule has 238 valence electrons. The number of ether oxygens (including phenoxy) is 1. The fourth-order valence-corrected chi connectivity index (χ4v) is 8.17. The summed E-state index contributed by atoms with van der Waals surface area (Å²) in [7, 11) is -2.35. The Kier molecular flexibility index (Phi) is 8.75. The van der Waals surface area contributed by atoms with Gasteiger partial charge >= 0.3 is 6.03 Å². The molecular formula is C32H37ClN6O5S. The highest BCUT2D eigenvalue weighted by atomic mass is 35.5. The van der Waals surface area contributed by atoms with Gasteiger partial charge in [-0.05, 0) is 76.3 Å². The third kappa shape index (κ3) is 5.65. The maximum atomic E-state index is 14.9. The number of para-hydroxylation sites is 1. The van der Waals surface area contributed by atoms with Crippen molar-refractivity contribution in [1.29, 1.82) is 0 Å². The lowest BCUT2D eigenvalue weighted by molar-refractivity contribution is -0.121. The molecule has 3 amide bonds. The normalized spacial score (nSPS) is 21.5. The molecular weight excluding hydrogens is 616 g/mol. The number of carbonyl (C=O) groups is 2. The highest BCUT2D eigenvalue weighted by Gasteiger charge is 2.59. The third-order valence-corrected chi connectivity index (χ3v) is 10.8. The molecule has 2 fully saturated rings. The summed E-state index contributed by atoms with van der Waals surface area (Å²) < 4.78 is 34.8. The van der Waals surface area contributed by atoms with Crippen molar-refractivity contribution in [2.75, 3.05) is 57.2 Å². The minimum Gasteiger partial charge on any atom is -0.493 e. The van der Waals surface area contributed by atoms with E-state index >= 15 is 0 Å². The molecule has 1 N–H and O–H groups in total. The maximum Gasteiger partial charge on any atom is 0.318 e. The zero-order chi connectivity index (χ0) is 31.8. The summed E-state index contributed by atoms with van der Waals surface area (Å²) in [5.74, 6) is -0.542. The van der Waals surface area contributed by atoms with Crippen LogP contribution < -0.4 is 14.4 Å². The average molecular weight is 653 g/mol. The van der Waals surface area contributed by atoms with Crippen LogP contribution in [0, 0.1) is 0 Å². The van der Waals surface area contributed by atoms with Gasteiger partial charge in [0.05, 0.1) is 12.3 Å². The van der Waals surface area contributed by atoms with Crippen molar-refractivity contribution in [2.45, 2.75) is 36.4 Å². The second-order valence-electron chi connectivity index (χ2n) is 11.6. The topological polar surface area (TPSA) is 115 Å². The molecule has 1 unspecified atom stereocenters. The number of sulfonamides is 1. The van der Waals surface area contributed by atoms with Gasteiger partial charge in [0.1, 0.15) is 5.75 Å². The number of benzene rings is 2. The summed E-state index contributed by atoms with van der Waals surface area (Å²) in [5, 5.41) is 2.99. The number of hydrogen-bond donors (Lipinski definition) is 1. The number of pyridine rings is 1. The number of fused-ring (bicyclic) bond motifs is 1. The van der Waals surface area contributed by atoms with Crippen LogP contribution >= 0.6 is 11.6 Å². The third-order valence-electron chi connectivity index (χ3n) is 8.92. The first-order valence-corrected chi connectivity index (χ1v) is 17.0. The number of hydrogen-bond acceptors (Lipinski definition) is 8. The molecule has 0 spiro atoms. The van der Waals surface area contributed by atoms with Crippen LogP contribution in [-0.2, 0) is 20.4 Å². The second-order valence-corrected chi connectivity index (χ2v) is 13.7. The molecule has 11 nitrogen and oxygen atoms in total. The lowest BCUT2D eigenvalue weighted by Gasteiger charge is -2.43. The van der Waals surface area contributed by atoms with Crippen LogP contribution in [0.4, 0.5) is 10.5 Å². The van der Waals surface area contributed by atoms with Crippen molar-refractivity contribution < 1.29 is 22.7 Å². The van der Waals surface area contributed by atoms with Gasteiger partial charge in [-0.25, -0.2) is 9.78 Å². The molecule has 6 rings (SSSR count). The van der Waals surface area contributed by atoms with Gasteiger partial charge in [-0.2, -0.15) is 12.7 Å². The Morgan fingerprint density at radius 3 is 2.40 bits per heavy atom. The summed E-state index contributed by atoms with van der Waals surface area (Å²) in [5.41, 5.74) is -1.35. The molecule has 3 aromatic rings. The molecule has 1 aromatic heterocycles. The summed E-state index contributed by atoms with van der Waals surface area (Å²) in [4.78, 5) is 39.5. The van der Waals surface area contributed by atoms with Gasteiger partial charge in [-0.3, -0.25) is 9.69 Å². The number of nitrogens with zero attached hydrogens (tertiary/aromatic N) is 5. The van der Waals surface area contributed by atoms with E-state index in [0.29, 0.717) is 43.5 Å². The zero-order valence-electron chi connectivity index (χ0n) is 25.4. The first kappa shape index (κ1) is 31.3. The molecule has 45 heavy (non-hydrogen) atoms. The first-order chi connectivity index (χ1) is 21.7. The molecule has 4 heterocycles. The predicted octanol–water partition coefficient (Wildman–Crippen LogP) is 3.53. The summed E-state index contributed by atoms with van der Waals surface area (Å²) in [6.07, 6.45) is 3.53. The van der Waals surface area contributed by atoms with E-state index in [4.69, 9.17) is 16.3 Å². The largest absolute Gasteiger partial charge is 0.493 e. The Morgan fingerprint density at radius 1 is 1.00 bits per heavy atom. The smallest absolute Gasteiger partial charge is 0.318 e. The van der Waals surface area contributed by atoms with Gasteiger partial charge in [-0.15, -0.1) is 0 Å². The van der Waals surface area contributed by atoms with E-state index in [0.717, 1.165) is 30.2 Å². The average Bonchev–Trinajstić information content (AvgIpc) is 3.30. The summed E-state index contributed by atoms with van der Waals surface area (Å²) >= 11 is 6.50. The second kappa shape index (κ2) is 12.6. The van der Waals surface area contributed by atoms with Crippen LogP contribution in [-0.4, -0.2) is 99.0 Å². The lowest BCUT2D eigenvalue weighted by Crippen LogP contribution is -2.61. The Hall–Kier alpha value is -3.71. The number of carbonyl (C=O) groups excluding carboxylic acids is 2. The number of urea groups is 1. The quantitative estimate of drug-likeness (QED) is 0.412. The number of anilines is 1. The Bertz CT molecular complexity index is 1680. The van der Waals surface area contributed by atoms with E-state index < -0.39 is 27.5 Å². The number of nitrogens with one attached hydrogen (secondary N) is 1. The van der Waals surface area contributed by atoms with Crippen molar-refractivity contribution in [3.8, 4) is 5.75 Å². The van der Waals surface area contributed by atoms with Crippen LogP contribution in [0.2, 0.25) is 5.02 Å². The van der Waals surface area contributed by atoms with Gasteiger partial charge in [-0.1, -0.05) is 35.9 Å². The minimum atomic E-state index is -4.49. The molecule has 13 heteroatoms. The highest BCUT2D eigenvalue weighted by molar-refractivity contribution is 7.93. The molecule has 0 saturated carbocycles. The van der Waals surface area contributed by atoms with Gasteiger partial charge < -0.3 is 19.9 Å². The molecule has 3 aliphatic heterocycles. The highest BCUT2D eigenvalue weighted by Crippen LogP contribution is 2.49. The van der Waals surface area contributed by atoms with E-state index in [1.807, 2.05) is 6.92 Å². The molecule has 2 aromatic carbocycles. The zero-order valence-corrected chi connectivity index (χ0v) is 26.9. The number of piperidine rings is 1. The monoisotopic (exact) mass is 652 g/mol. The fourth-order valence-electron chi connectivity index (χ4n) is 6.59. The first-order valence-electron chi connectivity index (χ1n) is 15.2. The summed E-state index contributed by atoms with van der Waals surface area (Å²) in [6, 6.07) is 15.8. The number of likely N-dealkylation sites (tertiary alicyclic amines) is 1. The van der Waals surface area contributed by atoms with Crippen molar-refractivity contribution in [2.24, 2.45) is 0 Å². The standard InChI is InChI=1S/C32H37ClN6O5S/c1-3-44-28-9-5-4-8-25(28)32(35-31(41)38-20-18-37(19-21-38)24-13-16-36(2)17-14-24)26-22-23(33)11-12-27(26)39(30(32)40)45(42,43)29-10-6-7-15-34-29/h4-12,15,22,24H,3,13-14,16-21H2,1-2H3,(H,35,41). The van der Waals surface area contributed by atoms with Crippen LogP contribution in [0.5, 0.6) is 5.75 Å². The lowest BCUT2D eigenvalue weighted by atomic mass is 9.83. The van der Waals surface area contributed by atoms with Crippen molar-refractivity contribution in [3.05, 3.63) is 83.0 Å². The van der Waals surface area contributed by atoms with Crippen molar-refractivity contribution >= 4 is 39.2 Å². The fraction of sp³-hybridized carbons (Fsp3) is 0.406. The van der Waals surface area contributed by atoms with Gasteiger partial charge in [0.25, 0.3) is 15.9 Å². The van der Waals surface area contributed by atoms with E-state index in [1.54, 1.807) is 35.2 Å². The molecule has 3 aliphatic rings. The minimum absolute atomic E-state index is 0.0775.